The van der Waals surface area contributed by atoms with Gasteiger partial charge in [-0.3, -0.25) is 0 Å². The monoisotopic (exact) mass is 208 g/mol. The first-order valence-electron chi connectivity index (χ1n) is 5.71. The summed E-state index contributed by atoms with van der Waals surface area (Å²) in [5, 5.41) is 3.38. The maximum atomic E-state index is 5.65. The summed E-state index contributed by atoms with van der Waals surface area (Å²) < 4.78 is 11.2. The minimum atomic E-state index is 0.146. The Morgan fingerprint density at radius 3 is 3.07 bits per heavy atom. The third-order valence-corrected chi connectivity index (χ3v) is 2.94. The molecule has 0 aromatic carbocycles. The summed E-state index contributed by atoms with van der Waals surface area (Å²) in [7, 11) is 0. The van der Waals surface area contributed by atoms with Crippen LogP contribution in [0.15, 0.2) is 10.6 Å². The molecule has 4 heteroatoms. The van der Waals surface area contributed by atoms with E-state index in [1.54, 1.807) is 6.20 Å². The molecular weight excluding hydrogens is 192 g/mol. The van der Waals surface area contributed by atoms with Gasteiger partial charge in [0.25, 0.3) is 0 Å². The van der Waals surface area contributed by atoms with Gasteiger partial charge in [-0.05, 0) is 25.7 Å². The molecule has 1 aromatic heterocycles. The molecule has 1 N–H and O–H groups in total. The second-order valence-corrected chi connectivity index (χ2v) is 4.31. The van der Waals surface area contributed by atoms with Gasteiger partial charge >= 0.3 is 0 Å². The van der Waals surface area contributed by atoms with Crippen LogP contribution in [0.1, 0.15) is 43.4 Å². The number of nitrogens with one attached hydrogen (secondary N) is 1. The highest BCUT2D eigenvalue weighted by Gasteiger charge is 2.23. The van der Waals surface area contributed by atoms with Crippen LogP contribution in [0.5, 0.6) is 0 Å². The second-order valence-electron chi connectivity index (χ2n) is 4.31. The molecule has 3 rings (SSSR count). The third-order valence-electron chi connectivity index (χ3n) is 2.94. The van der Waals surface area contributed by atoms with Crippen LogP contribution in [0.3, 0.4) is 0 Å². The van der Waals surface area contributed by atoms with E-state index in [0.717, 1.165) is 37.6 Å². The minimum absolute atomic E-state index is 0.146. The molecule has 0 amide bonds. The molecule has 1 atom stereocenters. The zero-order chi connectivity index (χ0) is 10.1. The fourth-order valence-electron chi connectivity index (χ4n) is 1.88. The summed E-state index contributed by atoms with van der Waals surface area (Å²) in [5.41, 5.74) is 0. The van der Waals surface area contributed by atoms with E-state index in [-0.39, 0.29) is 6.10 Å². The van der Waals surface area contributed by atoms with Gasteiger partial charge in [0.15, 0.2) is 5.76 Å². The van der Waals surface area contributed by atoms with E-state index in [1.807, 2.05) is 0 Å². The van der Waals surface area contributed by atoms with Crippen molar-refractivity contribution < 1.29 is 9.15 Å². The van der Waals surface area contributed by atoms with Gasteiger partial charge in [-0.25, -0.2) is 4.98 Å². The summed E-state index contributed by atoms with van der Waals surface area (Å²) in [4.78, 5) is 4.25. The highest BCUT2D eigenvalue weighted by molar-refractivity contribution is 5.00. The average Bonchev–Trinajstić information content (AvgIpc) is 2.78. The van der Waals surface area contributed by atoms with E-state index in [2.05, 4.69) is 10.3 Å². The fourth-order valence-corrected chi connectivity index (χ4v) is 1.88. The first kappa shape index (κ1) is 9.36. The number of aromatic nitrogens is 1. The smallest absolute Gasteiger partial charge is 0.208 e. The first-order chi connectivity index (χ1) is 7.42. The van der Waals surface area contributed by atoms with E-state index in [9.17, 15) is 0 Å². The molecule has 1 unspecified atom stereocenters. The first-order valence-corrected chi connectivity index (χ1v) is 5.71. The van der Waals surface area contributed by atoms with E-state index in [0.29, 0.717) is 6.04 Å². The van der Waals surface area contributed by atoms with Gasteiger partial charge in [-0.15, -0.1) is 0 Å². The lowest BCUT2D eigenvalue weighted by atomic mass is 10.2. The average molecular weight is 208 g/mol. The molecule has 4 nitrogen and oxygen atoms in total. The molecule has 0 radical (unpaired) electrons. The molecule has 15 heavy (non-hydrogen) atoms. The maximum Gasteiger partial charge on any atom is 0.208 e. The van der Waals surface area contributed by atoms with Gasteiger partial charge in [0, 0.05) is 12.6 Å². The van der Waals surface area contributed by atoms with Crippen LogP contribution < -0.4 is 5.32 Å². The Morgan fingerprint density at radius 2 is 2.33 bits per heavy atom. The van der Waals surface area contributed by atoms with Gasteiger partial charge < -0.3 is 14.5 Å². The van der Waals surface area contributed by atoms with Gasteiger partial charge in [-0.1, -0.05) is 0 Å². The molecule has 2 aliphatic rings. The Balaban J connectivity index is 1.59. The lowest BCUT2D eigenvalue weighted by Gasteiger charge is -2.03. The van der Waals surface area contributed by atoms with Crippen molar-refractivity contribution in [3.63, 3.8) is 0 Å². The molecule has 82 valence electrons. The number of hydrogen-bond acceptors (Lipinski definition) is 4. The van der Waals surface area contributed by atoms with Gasteiger partial charge in [0.2, 0.25) is 5.89 Å². The van der Waals surface area contributed by atoms with Crippen molar-refractivity contribution in [2.75, 3.05) is 6.61 Å². The number of nitrogens with zero attached hydrogens (tertiary/aromatic N) is 1. The van der Waals surface area contributed by atoms with E-state index >= 15 is 0 Å². The normalized spacial score (nSPS) is 26.0. The largest absolute Gasteiger partial charge is 0.442 e. The number of ether oxygens (including phenoxy) is 1. The summed E-state index contributed by atoms with van der Waals surface area (Å²) in [6, 6.07) is 0.697. The van der Waals surface area contributed by atoms with Crippen molar-refractivity contribution >= 4 is 0 Å². The zero-order valence-electron chi connectivity index (χ0n) is 8.74. The van der Waals surface area contributed by atoms with E-state index in [4.69, 9.17) is 9.15 Å². The Labute approximate surface area is 89.0 Å². The topological polar surface area (TPSA) is 47.3 Å². The zero-order valence-corrected chi connectivity index (χ0v) is 8.74. The van der Waals surface area contributed by atoms with Crippen LogP contribution in [0.4, 0.5) is 0 Å². The molecule has 2 fully saturated rings. The summed E-state index contributed by atoms with van der Waals surface area (Å²) in [6.07, 6.45) is 6.72. The molecule has 2 heterocycles. The third kappa shape index (κ3) is 2.21. The molecule has 1 saturated carbocycles. The minimum Gasteiger partial charge on any atom is -0.442 e. The molecule has 0 spiro atoms. The predicted molar refractivity (Wildman–Crippen MR) is 54.3 cm³/mol. The summed E-state index contributed by atoms with van der Waals surface area (Å²) in [5.74, 6) is 1.67. The number of hydrogen-bond donors (Lipinski definition) is 1. The van der Waals surface area contributed by atoms with Crippen molar-refractivity contribution in [2.24, 2.45) is 0 Å². The SMILES string of the molecule is c1nc(CNC2CC2)oc1C1CCCO1. The quantitative estimate of drug-likeness (QED) is 0.819. The highest BCUT2D eigenvalue weighted by Crippen LogP contribution is 2.28. The fraction of sp³-hybridized carbons (Fsp3) is 0.727. The van der Waals surface area contributed by atoms with Crippen LogP contribution in [0.2, 0.25) is 0 Å². The van der Waals surface area contributed by atoms with Crippen molar-refractivity contribution in [3.05, 3.63) is 17.8 Å². The number of oxazole rings is 1. The van der Waals surface area contributed by atoms with E-state index < -0.39 is 0 Å². The molecule has 1 saturated heterocycles. The maximum absolute atomic E-state index is 5.65. The van der Waals surface area contributed by atoms with Gasteiger partial charge in [0.1, 0.15) is 6.10 Å². The van der Waals surface area contributed by atoms with Crippen LogP contribution in [-0.2, 0) is 11.3 Å². The van der Waals surface area contributed by atoms with E-state index in [1.165, 1.54) is 12.8 Å². The van der Waals surface area contributed by atoms with Crippen molar-refractivity contribution in [1.29, 1.82) is 0 Å². The molecule has 1 aromatic rings. The molecule has 1 aliphatic carbocycles. The van der Waals surface area contributed by atoms with Gasteiger partial charge in [0.05, 0.1) is 12.7 Å². The van der Waals surface area contributed by atoms with Crippen molar-refractivity contribution in [3.8, 4) is 0 Å². The number of rotatable bonds is 4. The molecule has 0 bridgehead atoms. The highest BCUT2D eigenvalue weighted by atomic mass is 16.5. The van der Waals surface area contributed by atoms with Gasteiger partial charge in [-0.2, -0.15) is 0 Å². The standard InChI is InChI=1S/C11H16N2O2/c1-2-9(14-5-1)10-6-13-11(15-10)7-12-8-3-4-8/h6,8-9,12H,1-5,7H2. The Kier molecular flexibility index (Phi) is 2.46. The van der Waals surface area contributed by atoms with Crippen molar-refractivity contribution in [1.82, 2.24) is 10.3 Å². The second kappa shape index (κ2) is 3.94. The predicted octanol–water partition coefficient (Wildman–Crippen LogP) is 1.78. The Morgan fingerprint density at radius 1 is 1.40 bits per heavy atom. The van der Waals surface area contributed by atoms with Crippen molar-refractivity contribution in [2.45, 2.75) is 44.4 Å². The van der Waals surface area contributed by atoms with Crippen LogP contribution in [0.25, 0.3) is 0 Å². The lowest BCUT2D eigenvalue weighted by Crippen LogP contribution is -2.15. The van der Waals surface area contributed by atoms with Crippen LogP contribution in [0, 0.1) is 0 Å². The summed E-state index contributed by atoms with van der Waals surface area (Å²) >= 11 is 0. The Hall–Kier alpha value is -0.870. The lowest BCUT2D eigenvalue weighted by molar-refractivity contribution is 0.0923. The van der Waals surface area contributed by atoms with Crippen LogP contribution in [-0.4, -0.2) is 17.6 Å². The Bertz CT molecular complexity index is 327. The summed E-state index contributed by atoms with van der Waals surface area (Å²) in [6.45, 7) is 1.60. The molecular formula is C11H16N2O2. The van der Waals surface area contributed by atoms with Crippen LogP contribution >= 0.6 is 0 Å². The molecule has 1 aliphatic heterocycles.